The molecule has 1 N–H and O–H groups in total. The zero-order valence-electron chi connectivity index (χ0n) is 14.2. The number of aryl methyl sites for hydroxylation is 1. The number of hydrogen-bond acceptors (Lipinski definition) is 3. The van der Waals surface area contributed by atoms with Crippen LogP contribution in [0.5, 0.6) is 11.5 Å². The van der Waals surface area contributed by atoms with Gasteiger partial charge in [-0.05, 0) is 42.8 Å². The molecule has 0 heterocycles. The number of amides is 1. The van der Waals surface area contributed by atoms with Crippen molar-refractivity contribution < 1.29 is 14.3 Å². The highest BCUT2D eigenvalue weighted by atomic mass is 35.5. The molecule has 1 amide bonds. The van der Waals surface area contributed by atoms with Gasteiger partial charge in [-0.3, -0.25) is 4.79 Å². The Hall–Kier alpha value is -1.91. The third-order valence-electron chi connectivity index (χ3n) is 2.88. The Labute approximate surface area is 152 Å². The molecule has 6 heteroatoms. The van der Waals surface area contributed by atoms with Gasteiger partial charge in [-0.2, -0.15) is 0 Å². The molecule has 0 aromatic heterocycles. The van der Waals surface area contributed by atoms with Crippen LogP contribution in [0.3, 0.4) is 0 Å². The monoisotopic (exact) mass is 369 g/mol. The molecule has 4 nitrogen and oxygen atoms in total. The molecular formula is C18H21Cl2NO3. The predicted molar refractivity (Wildman–Crippen MR) is 99.7 cm³/mol. The Kier molecular flexibility index (Phi) is 8.44. The maximum absolute atomic E-state index is 11.9. The average molecular weight is 370 g/mol. The first-order chi connectivity index (χ1) is 11.5. The van der Waals surface area contributed by atoms with Gasteiger partial charge in [-0.1, -0.05) is 43.1 Å². The second kappa shape index (κ2) is 10.1. The molecular weight excluding hydrogens is 349 g/mol. The number of anilines is 1. The van der Waals surface area contributed by atoms with Gasteiger partial charge in [0.05, 0.1) is 17.2 Å². The smallest absolute Gasteiger partial charge is 0.262 e. The van der Waals surface area contributed by atoms with Crippen LogP contribution in [-0.4, -0.2) is 19.6 Å². The lowest BCUT2D eigenvalue weighted by molar-refractivity contribution is -0.118. The highest BCUT2D eigenvalue weighted by Crippen LogP contribution is 2.28. The molecule has 2 rings (SSSR count). The summed E-state index contributed by atoms with van der Waals surface area (Å²) < 4.78 is 10.7. The van der Waals surface area contributed by atoms with Crippen LogP contribution in [0.25, 0.3) is 0 Å². The van der Waals surface area contributed by atoms with Gasteiger partial charge in [0.25, 0.3) is 5.91 Å². The van der Waals surface area contributed by atoms with Crippen LogP contribution in [0.15, 0.2) is 36.4 Å². The predicted octanol–water partition coefficient (Wildman–Crippen LogP) is 5.35. The summed E-state index contributed by atoms with van der Waals surface area (Å²) in [7, 11) is 1.55. The van der Waals surface area contributed by atoms with E-state index in [1.807, 2.05) is 32.9 Å². The number of methoxy groups -OCH3 is 1. The molecule has 0 saturated carbocycles. The topological polar surface area (TPSA) is 47.6 Å². The van der Waals surface area contributed by atoms with Crippen LogP contribution in [-0.2, 0) is 4.79 Å². The Bertz CT molecular complexity index is 690. The van der Waals surface area contributed by atoms with Crippen molar-refractivity contribution >= 4 is 34.8 Å². The van der Waals surface area contributed by atoms with Gasteiger partial charge in [0.15, 0.2) is 18.1 Å². The first kappa shape index (κ1) is 20.1. The minimum absolute atomic E-state index is 0.139. The van der Waals surface area contributed by atoms with Crippen LogP contribution in [0, 0.1) is 6.92 Å². The van der Waals surface area contributed by atoms with Gasteiger partial charge >= 0.3 is 0 Å². The van der Waals surface area contributed by atoms with Gasteiger partial charge in [0, 0.05) is 5.69 Å². The second-order valence-electron chi connectivity index (χ2n) is 4.62. The molecule has 0 atom stereocenters. The summed E-state index contributed by atoms with van der Waals surface area (Å²) in [6.45, 7) is 5.81. The largest absolute Gasteiger partial charge is 0.493 e. The van der Waals surface area contributed by atoms with Crippen molar-refractivity contribution in [2.24, 2.45) is 0 Å². The van der Waals surface area contributed by atoms with Gasteiger partial charge in [-0.15, -0.1) is 0 Å². The Morgan fingerprint density at radius 3 is 2.38 bits per heavy atom. The van der Waals surface area contributed by atoms with E-state index >= 15 is 0 Å². The molecule has 0 saturated heterocycles. The van der Waals surface area contributed by atoms with Crippen molar-refractivity contribution in [2.75, 3.05) is 19.0 Å². The third kappa shape index (κ3) is 5.95. The van der Waals surface area contributed by atoms with Gasteiger partial charge in [-0.25, -0.2) is 0 Å². The number of benzene rings is 2. The SMILES string of the molecule is CC.COc1cc(C)ccc1OCC(=O)Nc1ccc(Cl)c(Cl)c1. The molecule has 130 valence electrons. The van der Waals surface area contributed by atoms with Crippen LogP contribution in [0.4, 0.5) is 5.69 Å². The fourth-order valence-electron chi connectivity index (χ4n) is 1.81. The van der Waals surface area contributed by atoms with E-state index in [0.29, 0.717) is 27.2 Å². The normalized spacial score (nSPS) is 9.58. The molecule has 2 aromatic rings. The second-order valence-corrected chi connectivity index (χ2v) is 5.43. The van der Waals surface area contributed by atoms with E-state index in [2.05, 4.69) is 5.32 Å². The van der Waals surface area contributed by atoms with Gasteiger partial charge in [0.1, 0.15) is 0 Å². The summed E-state index contributed by atoms with van der Waals surface area (Å²) in [6, 6.07) is 10.3. The first-order valence-corrected chi connectivity index (χ1v) is 8.27. The van der Waals surface area contributed by atoms with Crippen molar-refractivity contribution in [3.63, 3.8) is 0 Å². The van der Waals surface area contributed by atoms with E-state index in [-0.39, 0.29) is 12.5 Å². The molecule has 2 aromatic carbocycles. The molecule has 0 aliphatic rings. The fourth-order valence-corrected chi connectivity index (χ4v) is 2.11. The zero-order valence-corrected chi connectivity index (χ0v) is 15.7. The van der Waals surface area contributed by atoms with Crippen LogP contribution in [0.2, 0.25) is 10.0 Å². The van der Waals surface area contributed by atoms with E-state index in [1.165, 1.54) is 0 Å². The molecule has 0 unspecified atom stereocenters. The summed E-state index contributed by atoms with van der Waals surface area (Å²) in [6.07, 6.45) is 0. The molecule has 0 aliphatic carbocycles. The van der Waals surface area contributed by atoms with E-state index in [4.69, 9.17) is 32.7 Å². The van der Waals surface area contributed by atoms with E-state index in [1.54, 1.807) is 31.4 Å². The summed E-state index contributed by atoms with van der Waals surface area (Å²) in [4.78, 5) is 11.9. The standard InChI is InChI=1S/C16H15Cl2NO3.C2H6/c1-10-3-6-14(15(7-10)21-2)22-9-16(20)19-11-4-5-12(17)13(18)8-11;1-2/h3-8H,9H2,1-2H3,(H,19,20);1-2H3. The maximum atomic E-state index is 11.9. The number of nitrogens with one attached hydrogen (secondary N) is 1. The van der Waals surface area contributed by atoms with Crippen LogP contribution < -0.4 is 14.8 Å². The highest BCUT2D eigenvalue weighted by Gasteiger charge is 2.09. The van der Waals surface area contributed by atoms with Crippen molar-refractivity contribution in [3.8, 4) is 11.5 Å². The highest BCUT2D eigenvalue weighted by molar-refractivity contribution is 6.42. The van der Waals surface area contributed by atoms with Crippen molar-refractivity contribution in [1.82, 2.24) is 0 Å². The number of halogens is 2. The van der Waals surface area contributed by atoms with Gasteiger partial charge in [0.2, 0.25) is 0 Å². The maximum Gasteiger partial charge on any atom is 0.262 e. The van der Waals surface area contributed by atoms with E-state index in [9.17, 15) is 4.79 Å². The molecule has 24 heavy (non-hydrogen) atoms. The number of hydrogen-bond donors (Lipinski definition) is 1. The van der Waals surface area contributed by atoms with Crippen LogP contribution >= 0.6 is 23.2 Å². The lowest BCUT2D eigenvalue weighted by Gasteiger charge is -2.11. The van der Waals surface area contributed by atoms with Gasteiger partial charge < -0.3 is 14.8 Å². The minimum atomic E-state index is -0.305. The average Bonchev–Trinajstić information content (AvgIpc) is 2.58. The fraction of sp³-hybridized carbons (Fsp3) is 0.278. The Morgan fingerprint density at radius 1 is 1.04 bits per heavy atom. The Morgan fingerprint density at radius 2 is 1.75 bits per heavy atom. The molecule has 0 bridgehead atoms. The molecule has 0 fully saturated rings. The molecule has 0 spiro atoms. The molecule has 0 radical (unpaired) electrons. The zero-order chi connectivity index (χ0) is 18.1. The minimum Gasteiger partial charge on any atom is -0.493 e. The number of rotatable bonds is 5. The quantitative estimate of drug-likeness (QED) is 0.771. The number of carbonyl (C=O) groups is 1. The lowest BCUT2D eigenvalue weighted by atomic mass is 10.2. The van der Waals surface area contributed by atoms with Crippen molar-refractivity contribution in [3.05, 3.63) is 52.0 Å². The number of ether oxygens (including phenoxy) is 2. The summed E-state index contributed by atoms with van der Waals surface area (Å²) in [5, 5.41) is 3.49. The van der Waals surface area contributed by atoms with E-state index in [0.717, 1.165) is 5.56 Å². The van der Waals surface area contributed by atoms with Crippen molar-refractivity contribution in [2.45, 2.75) is 20.8 Å². The third-order valence-corrected chi connectivity index (χ3v) is 3.62. The summed E-state index contributed by atoms with van der Waals surface area (Å²) >= 11 is 11.7. The lowest BCUT2D eigenvalue weighted by Crippen LogP contribution is -2.20. The molecule has 0 aliphatic heterocycles. The first-order valence-electron chi connectivity index (χ1n) is 7.52. The van der Waals surface area contributed by atoms with Crippen LogP contribution in [0.1, 0.15) is 19.4 Å². The summed E-state index contributed by atoms with van der Waals surface area (Å²) in [5.41, 5.74) is 1.60. The Balaban J connectivity index is 0.00000139. The number of carbonyl (C=O) groups excluding carboxylic acids is 1. The summed E-state index contributed by atoms with van der Waals surface area (Å²) in [5.74, 6) is 0.792. The van der Waals surface area contributed by atoms with Crippen molar-refractivity contribution in [1.29, 1.82) is 0 Å². The van der Waals surface area contributed by atoms with E-state index < -0.39 is 0 Å².